The van der Waals surface area contributed by atoms with Crippen molar-refractivity contribution in [3.8, 4) is 0 Å². The van der Waals surface area contributed by atoms with Crippen molar-refractivity contribution in [2.24, 2.45) is 7.05 Å². The van der Waals surface area contributed by atoms with Crippen LogP contribution in [-0.2, 0) is 7.05 Å². The Morgan fingerprint density at radius 1 is 1.03 bits per heavy atom. The van der Waals surface area contributed by atoms with Crippen LogP contribution in [0.5, 0.6) is 0 Å². The smallest absolute Gasteiger partial charge is 0.262 e. The third-order valence-electron chi connectivity index (χ3n) is 6.09. The zero-order valence-corrected chi connectivity index (χ0v) is 17.0. The molecular weight excluding hydrogens is 364 g/mol. The lowest BCUT2D eigenvalue weighted by molar-refractivity contribution is 0.452. The summed E-state index contributed by atoms with van der Waals surface area (Å²) in [5.41, 5.74) is 1.79. The Morgan fingerprint density at radius 2 is 1.76 bits per heavy atom. The van der Waals surface area contributed by atoms with Crippen LogP contribution in [0.25, 0.3) is 10.9 Å². The van der Waals surface area contributed by atoms with Crippen LogP contribution in [0.2, 0.25) is 0 Å². The summed E-state index contributed by atoms with van der Waals surface area (Å²) in [6.45, 7) is 3.79. The average molecular weight is 390 g/mol. The van der Waals surface area contributed by atoms with Crippen LogP contribution in [0, 0.1) is 6.92 Å². The first-order chi connectivity index (χ1) is 14.1. The van der Waals surface area contributed by atoms with E-state index in [0.29, 0.717) is 17.5 Å². The second-order valence-electron chi connectivity index (χ2n) is 8.17. The number of benzene rings is 1. The number of hydrogen-bond donors (Lipinski definition) is 0. The molecule has 0 bridgehead atoms. The summed E-state index contributed by atoms with van der Waals surface area (Å²) >= 11 is 0. The number of nitrogens with zero attached hydrogens (tertiary/aromatic N) is 6. The third kappa shape index (κ3) is 3.34. The maximum atomic E-state index is 12.8. The molecule has 7 heteroatoms. The van der Waals surface area contributed by atoms with Gasteiger partial charge in [0.1, 0.15) is 12.1 Å². The molecule has 2 aliphatic rings. The molecule has 0 unspecified atom stereocenters. The topological polar surface area (TPSA) is 67.2 Å². The molecule has 29 heavy (non-hydrogen) atoms. The van der Waals surface area contributed by atoms with Gasteiger partial charge in [0.15, 0.2) is 0 Å². The van der Waals surface area contributed by atoms with E-state index in [9.17, 15) is 4.79 Å². The molecule has 2 aromatic heterocycles. The quantitative estimate of drug-likeness (QED) is 0.682. The highest BCUT2D eigenvalue weighted by atomic mass is 16.1. The molecule has 1 aromatic carbocycles. The van der Waals surface area contributed by atoms with E-state index in [1.807, 2.05) is 38.2 Å². The summed E-state index contributed by atoms with van der Waals surface area (Å²) in [4.78, 5) is 31.1. The molecule has 1 saturated carbocycles. The van der Waals surface area contributed by atoms with Gasteiger partial charge in [-0.25, -0.2) is 15.0 Å². The first kappa shape index (κ1) is 18.1. The van der Waals surface area contributed by atoms with Crippen molar-refractivity contribution in [3.05, 3.63) is 52.7 Å². The monoisotopic (exact) mass is 390 g/mol. The number of aromatic nitrogens is 4. The molecule has 3 aromatic rings. The van der Waals surface area contributed by atoms with Gasteiger partial charge in [0.25, 0.3) is 5.56 Å². The van der Waals surface area contributed by atoms with E-state index in [0.717, 1.165) is 48.9 Å². The van der Waals surface area contributed by atoms with Gasteiger partial charge in [0, 0.05) is 44.0 Å². The Kier molecular flexibility index (Phi) is 4.45. The van der Waals surface area contributed by atoms with Gasteiger partial charge in [-0.15, -0.1) is 0 Å². The summed E-state index contributed by atoms with van der Waals surface area (Å²) in [5.74, 6) is 1.82. The van der Waals surface area contributed by atoms with Crippen molar-refractivity contribution in [1.29, 1.82) is 0 Å². The number of piperidine rings is 1. The first-order valence-corrected chi connectivity index (χ1v) is 10.4. The molecule has 150 valence electrons. The normalized spacial score (nSPS) is 17.7. The van der Waals surface area contributed by atoms with E-state index < -0.39 is 0 Å². The molecule has 7 nitrogen and oxygen atoms in total. The molecule has 1 aliphatic heterocycles. The number of aryl methyl sites for hydroxylation is 1. The molecule has 1 aliphatic carbocycles. The Morgan fingerprint density at radius 3 is 2.48 bits per heavy atom. The van der Waals surface area contributed by atoms with Crippen molar-refractivity contribution < 1.29 is 0 Å². The van der Waals surface area contributed by atoms with Gasteiger partial charge < -0.3 is 9.80 Å². The summed E-state index contributed by atoms with van der Waals surface area (Å²) in [6.07, 6.45) is 6.21. The maximum Gasteiger partial charge on any atom is 0.262 e. The fourth-order valence-electron chi connectivity index (χ4n) is 4.44. The number of hydrogen-bond acceptors (Lipinski definition) is 6. The van der Waals surface area contributed by atoms with E-state index >= 15 is 0 Å². The van der Waals surface area contributed by atoms with Crippen LogP contribution in [0.3, 0.4) is 0 Å². The highest BCUT2D eigenvalue weighted by molar-refractivity contribution is 5.78. The van der Waals surface area contributed by atoms with Crippen LogP contribution in [-0.4, -0.2) is 44.7 Å². The van der Waals surface area contributed by atoms with Crippen molar-refractivity contribution >= 4 is 22.7 Å². The Labute approximate surface area is 170 Å². The van der Waals surface area contributed by atoms with Crippen LogP contribution < -0.4 is 15.4 Å². The minimum atomic E-state index is 0.0174. The zero-order valence-electron chi connectivity index (χ0n) is 17.0. The molecule has 0 N–H and O–H groups in total. The van der Waals surface area contributed by atoms with Crippen molar-refractivity contribution in [1.82, 2.24) is 19.5 Å². The van der Waals surface area contributed by atoms with Gasteiger partial charge in [0.2, 0.25) is 5.95 Å². The predicted molar refractivity (Wildman–Crippen MR) is 114 cm³/mol. The Bertz CT molecular complexity index is 1100. The van der Waals surface area contributed by atoms with Gasteiger partial charge in [0.05, 0.1) is 10.9 Å². The fraction of sp³-hybridized carbons (Fsp3) is 0.455. The molecule has 2 fully saturated rings. The maximum absolute atomic E-state index is 12.8. The van der Waals surface area contributed by atoms with Gasteiger partial charge >= 0.3 is 0 Å². The molecule has 5 rings (SSSR count). The lowest BCUT2D eigenvalue weighted by Crippen LogP contribution is -2.47. The van der Waals surface area contributed by atoms with Crippen molar-refractivity contribution in [2.45, 2.75) is 44.7 Å². The number of para-hydroxylation sites is 1. The summed E-state index contributed by atoms with van der Waals surface area (Å²) < 4.78 is 1.69. The molecule has 1 saturated heterocycles. The minimum absolute atomic E-state index is 0.0174. The highest BCUT2D eigenvalue weighted by Crippen LogP contribution is 2.35. The lowest BCUT2D eigenvalue weighted by Gasteiger charge is -2.40. The van der Waals surface area contributed by atoms with E-state index in [1.54, 1.807) is 10.9 Å². The second-order valence-corrected chi connectivity index (χ2v) is 8.17. The third-order valence-corrected chi connectivity index (χ3v) is 6.09. The van der Waals surface area contributed by atoms with Crippen LogP contribution in [0.4, 0.5) is 11.8 Å². The average Bonchev–Trinajstić information content (AvgIpc) is 3.57. The predicted octanol–water partition coefficient (Wildman–Crippen LogP) is 2.67. The van der Waals surface area contributed by atoms with E-state index in [1.165, 1.54) is 12.8 Å². The number of fused-ring (bicyclic) bond motifs is 1. The van der Waals surface area contributed by atoms with E-state index in [4.69, 9.17) is 4.98 Å². The standard InChI is InChI=1S/C22H26N6O/c1-15-13-20(24-14-23-15)28(16-7-8-16)17-9-11-27(12-10-17)22-25-19-6-4-3-5-18(19)21(29)26(22)2/h3-6,13-14,16-17H,7-12H2,1-2H3. The SMILES string of the molecule is Cc1cc(N(C2CC2)C2CCN(c3nc4ccccc4c(=O)n3C)CC2)ncn1. The van der Waals surface area contributed by atoms with Crippen LogP contribution >= 0.6 is 0 Å². The second kappa shape index (κ2) is 7.13. The molecule has 0 spiro atoms. The molecule has 0 radical (unpaired) electrons. The Balaban J connectivity index is 1.38. The van der Waals surface area contributed by atoms with Crippen LogP contribution in [0.1, 0.15) is 31.4 Å². The molecule has 3 heterocycles. The van der Waals surface area contributed by atoms with E-state index in [2.05, 4.69) is 25.8 Å². The molecule has 0 amide bonds. The number of anilines is 2. The highest BCUT2D eigenvalue weighted by Gasteiger charge is 2.37. The number of rotatable bonds is 4. The lowest BCUT2D eigenvalue weighted by atomic mass is 10.0. The van der Waals surface area contributed by atoms with E-state index in [-0.39, 0.29) is 5.56 Å². The largest absolute Gasteiger partial charge is 0.350 e. The van der Waals surface area contributed by atoms with Gasteiger partial charge in [-0.1, -0.05) is 12.1 Å². The summed E-state index contributed by atoms with van der Waals surface area (Å²) in [6, 6.07) is 10.7. The van der Waals surface area contributed by atoms with Gasteiger partial charge in [-0.3, -0.25) is 9.36 Å². The molecule has 0 atom stereocenters. The summed E-state index contributed by atoms with van der Waals surface area (Å²) in [7, 11) is 1.82. The first-order valence-electron chi connectivity index (χ1n) is 10.4. The summed E-state index contributed by atoms with van der Waals surface area (Å²) in [5, 5.41) is 0.674. The van der Waals surface area contributed by atoms with Crippen LogP contribution in [0.15, 0.2) is 41.5 Å². The zero-order chi connectivity index (χ0) is 20.0. The molecular formula is C22H26N6O. The van der Waals surface area contributed by atoms with Gasteiger partial charge in [-0.05, 0) is 44.7 Å². The minimum Gasteiger partial charge on any atom is -0.350 e. The van der Waals surface area contributed by atoms with Crippen molar-refractivity contribution in [3.63, 3.8) is 0 Å². The van der Waals surface area contributed by atoms with Crippen molar-refractivity contribution in [2.75, 3.05) is 22.9 Å². The Hall–Kier alpha value is -2.96. The van der Waals surface area contributed by atoms with Gasteiger partial charge in [-0.2, -0.15) is 0 Å². The fourth-order valence-corrected chi connectivity index (χ4v) is 4.44.